The minimum absolute atomic E-state index is 0.310. The molecule has 3 rings (SSSR count). The van der Waals surface area contributed by atoms with Gasteiger partial charge in [0.2, 0.25) is 0 Å². The molecule has 2 aromatic rings. The second-order valence-corrected chi connectivity index (χ2v) is 4.57. The highest BCUT2D eigenvalue weighted by atomic mass is 35.5. The lowest BCUT2D eigenvalue weighted by atomic mass is 10.0. The normalized spacial score (nSPS) is 25.4. The maximum absolute atomic E-state index is 14.4. The molecule has 1 saturated heterocycles. The third-order valence-electron chi connectivity index (χ3n) is 3.04. The van der Waals surface area contributed by atoms with Crippen molar-refractivity contribution in [3.63, 3.8) is 0 Å². The van der Waals surface area contributed by atoms with Gasteiger partial charge in [-0.2, -0.15) is 0 Å². The molecule has 1 aromatic carbocycles. The lowest BCUT2D eigenvalue weighted by Crippen LogP contribution is -2.22. The van der Waals surface area contributed by atoms with Crippen LogP contribution in [0.15, 0.2) is 28.7 Å². The minimum atomic E-state index is -1.39. The molecule has 1 fully saturated rings. The van der Waals surface area contributed by atoms with E-state index in [4.69, 9.17) is 16.0 Å². The topological polar surface area (TPSA) is 25.2 Å². The average Bonchev–Trinajstić information content (AvgIpc) is 2.85. The van der Waals surface area contributed by atoms with Gasteiger partial charge in [0, 0.05) is 18.4 Å². The van der Waals surface area contributed by atoms with E-state index in [1.807, 2.05) is 12.1 Å². The minimum Gasteiger partial charge on any atom is -0.456 e. The van der Waals surface area contributed by atoms with E-state index in [2.05, 4.69) is 5.32 Å². The van der Waals surface area contributed by atoms with E-state index in [-0.39, 0.29) is 0 Å². The van der Waals surface area contributed by atoms with Crippen molar-refractivity contribution in [1.29, 1.82) is 0 Å². The molecular formula is C12H11ClFNO. The smallest absolute Gasteiger partial charge is 0.181 e. The molecule has 2 heterocycles. The molecule has 0 amide bonds. The zero-order chi connectivity index (χ0) is 11.2. The summed E-state index contributed by atoms with van der Waals surface area (Å²) in [4.78, 5) is 0. The third-order valence-corrected chi connectivity index (χ3v) is 3.34. The Bertz CT molecular complexity index is 531. The van der Waals surface area contributed by atoms with E-state index in [0.717, 1.165) is 5.39 Å². The number of fused-ring (bicyclic) bond motifs is 1. The Morgan fingerprint density at radius 2 is 2.31 bits per heavy atom. The van der Waals surface area contributed by atoms with Gasteiger partial charge in [0.05, 0.1) is 5.02 Å². The van der Waals surface area contributed by atoms with Crippen molar-refractivity contribution in [3.8, 4) is 0 Å². The summed E-state index contributed by atoms with van der Waals surface area (Å²) in [6.45, 7) is 0.992. The molecule has 0 radical (unpaired) electrons. The van der Waals surface area contributed by atoms with Gasteiger partial charge in [-0.1, -0.05) is 23.7 Å². The SMILES string of the molecule is FC1(c2cc3cccc(Cl)c3o2)CCNC1. The summed E-state index contributed by atoms with van der Waals surface area (Å²) in [6.07, 6.45) is 0.449. The zero-order valence-corrected chi connectivity index (χ0v) is 9.35. The number of rotatable bonds is 1. The predicted molar refractivity (Wildman–Crippen MR) is 61.5 cm³/mol. The third kappa shape index (κ3) is 1.43. The molecule has 1 N–H and O–H groups in total. The molecule has 1 aliphatic heterocycles. The van der Waals surface area contributed by atoms with Crippen LogP contribution in [0.2, 0.25) is 5.02 Å². The first-order valence-electron chi connectivity index (χ1n) is 5.27. The number of hydrogen-bond donors (Lipinski definition) is 1. The van der Waals surface area contributed by atoms with Crippen LogP contribution in [0, 0.1) is 0 Å². The molecule has 1 aromatic heterocycles. The molecule has 0 spiro atoms. The number of nitrogens with one attached hydrogen (secondary N) is 1. The summed E-state index contributed by atoms with van der Waals surface area (Å²) in [6, 6.07) is 7.20. The van der Waals surface area contributed by atoms with Crippen LogP contribution in [0.5, 0.6) is 0 Å². The van der Waals surface area contributed by atoms with Crippen LogP contribution in [0.4, 0.5) is 4.39 Å². The molecule has 1 atom stereocenters. The predicted octanol–water partition coefficient (Wildman–Crippen LogP) is 3.24. The van der Waals surface area contributed by atoms with Crippen molar-refractivity contribution in [2.75, 3.05) is 13.1 Å². The second kappa shape index (κ2) is 3.47. The van der Waals surface area contributed by atoms with Gasteiger partial charge in [-0.05, 0) is 18.7 Å². The van der Waals surface area contributed by atoms with Crippen LogP contribution in [-0.4, -0.2) is 13.1 Å². The fourth-order valence-electron chi connectivity index (χ4n) is 2.12. The molecule has 1 aliphatic rings. The first-order valence-corrected chi connectivity index (χ1v) is 5.65. The van der Waals surface area contributed by atoms with Crippen molar-refractivity contribution in [1.82, 2.24) is 5.32 Å². The lowest BCUT2D eigenvalue weighted by molar-refractivity contribution is 0.158. The second-order valence-electron chi connectivity index (χ2n) is 4.16. The summed E-state index contributed by atoms with van der Waals surface area (Å²) < 4.78 is 20.0. The van der Waals surface area contributed by atoms with Crippen molar-refractivity contribution >= 4 is 22.6 Å². The Kier molecular flexibility index (Phi) is 2.19. The quantitative estimate of drug-likeness (QED) is 0.827. The lowest BCUT2D eigenvalue weighted by Gasteiger charge is -2.13. The van der Waals surface area contributed by atoms with Crippen molar-refractivity contribution in [2.24, 2.45) is 0 Å². The van der Waals surface area contributed by atoms with Gasteiger partial charge in [0.25, 0.3) is 0 Å². The van der Waals surface area contributed by atoms with E-state index < -0.39 is 5.67 Å². The average molecular weight is 240 g/mol. The Balaban J connectivity index is 2.15. The Hall–Kier alpha value is -1.06. The summed E-state index contributed by atoms with van der Waals surface area (Å²) in [5, 5.41) is 4.38. The van der Waals surface area contributed by atoms with Gasteiger partial charge in [-0.3, -0.25) is 0 Å². The van der Waals surface area contributed by atoms with Crippen LogP contribution >= 0.6 is 11.6 Å². The highest BCUT2D eigenvalue weighted by Gasteiger charge is 2.38. The fraction of sp³-hybridized carbons (Fsp3) is 0.333. The molecule has 1 unspecified atom stereocenters. The van der Waals surface area contributed by atoms with Gasteiger partial charge in [-0.15, -0.1) is 0 Å². The fourth-order valence-corrected chi connectivity index (χ4v) is 2.34. The zero-order valence-electron chi connectivity index (χ0n) is 8.59. The maximum atomic E-state index is 14.4. The Labute approximate surface area is 97.4 Å². The molecular weight excluding hydrogens is 229 g/mol. The Morgan fingerprint density at radius 1 is 1.44 bits per heavy atom. The van der Waals surface area contributed by atoms with Crippen molar-refractivity contribution < 1.29 is 8.81 Å². The summed E-state index contributed by atoms with van der Waals surface area (Å²) >= 11 is 5.99. The van der Waals surface area contributed by atoms with Gasteiger partial charge in [0.1, 0.15) is 5.76 Å². The summed E-state index contributed by atoms with van der Waals surface area (Å²) in [7, 11) is 0. The standard InChI is InChI=1S/C12H11ClFNO/c13-9-3-1-2-8-6-10(16-11(8)9)12(14)4-5-15-7-12/h1-3,6,15H,4-5,7H2. The monoisotopic (exact) mass is 239 g/mol. The van der Waals surface area contributed by atoms with Crippen LogP contribution in [0.1, 0.15) is 12.2 Å². The van der Waals surface area contributed by atoms with Crippen molar-refractivity contribution in [2.45, 2.75) is 12.1 Å². The largest absolute Gasteiger partial charge is 0.456 e. The number of alkyl halides is 1. The van der Waals surface area contributed by atoms with Gasteiger partial charge in [0.15, 0.2) is 11.3 Å². The number of furan rings is 1. The van der Waals surface area contributed by atoms with E-state index in [0.29, 0.717) is 35.9 Å². The van der Waals surface area contributed by atoms with E-state index in [1.54, 1.807) is 12.1 Å². The molecule has 4 heteroatoms. The van der Waals surface area contributed by atoms with Crippen LogP contribution in [0.3, 0.4) is 0 Å². The number of hydrogen-bond acceptors (Lipinski definition) is 2. The molecule has 16 heavy (non-hydrogen) atoms. The van der Waals surface area contributed by atoms with Crippen molar-refractivity contribution in [3.05, 3.63) is 35.0 Å². The first kappa shape index (κ1) is 10.1. The van der Waals surface area contributed by atoms with Gasteiger partial charge in [-0.25, -0.2) is 4.39 Å². The van der Waals surface area contributed by atoms with E-state index in [9.17, 15) is 4.39 Å². The van der Waals surface area contributed by atoms with E-state index in [1.165, 1.54) is 0 Å². The molecule has 2 nitrogen and oxygen atoms in total. The maximum Gasteiger partial charge on any atom is 0.181 e. The molecule has 0 aliphatic carbocycles. The number of benzene rings is 1. The van der Waals surface area contributed by atoms with Crippen LogP contribution < -0.4 is 5.32 Å². The number of halogens is 2. The summed E-state index contributed by atoms with van der Waals surface area (Å²) in [5.74, 6) is 0.376. The molecule has 0 saturated carbocycles. The van der Waals surface area contributed by atoms with Crippen LogP contribution in [0.25, 0.3) is 11.0 Å². The van der Waals surface area contributed by atoms with Gasteiger partial charge < -0.3 is 9.73 Å². The number of para-hydroxylation sites is 1. The highest BCUT2D eigenvalue weighted by Crippen LogP contribution is 2.37. The van der Waals surface area contributed by atoms with E-state index >= 15 is 0 Å². The summed E-state index contributed by atoms with van der Waals surface area (Å²) in [5.41, 5.74) is -0.814. The van der Waals surface area contributed by atoms with Gasteiger partial charge >= 0.3 is 0 Å². The molecule has 84 valence electrons. The Morgan fingerprint density at radius 3 is 3.00 bits per heavy atom. The molecule has 0 bridgehead atoms. The highest BCUT2D eigenvalue weighted by molar-refractivity contribution is 6.34. The van der Waals surface area contributed by atoms with Crippen LogP contribution in [-0.2, 0) is 5.67 Å². The first-order chi connectivity index (χ1) is 7.69.